The number of likely N-dealkylation sites (tertiary alicyclic amines) is 1. The van der Waals surface area contributed by atoms with Gasteiger partial charge in [-0.05, 0) is 38.6 Å². The summed E-state index contributed by atoms with van der Waals surface area (Å²) in [5.74, 6) is 2.58. The van der Waals surface area contributed by atoms with Crippen LogP contribution in [0.25, 0.3) is 5.52 Å². The number of aromatic nitrogens is 2. The fourth-order valence-electron chi connectivity index (χ4n) is 2.87. The molecule has 0 radical (unpaired) electrons. The molecule has 1 saturated heterocycles. The molecule has 3 rings (SSSR count). The van der Waals surface area contributed by atoms with Gasteiger partial charge in [0.05, 0.1) is 13.3 Å². The van der Waals surface area contributed by atoms with E-state index in [1.54, 1.807) is 7.11 Å². The van der Waals surface area contributed by atoms with Crippen LogP contribution < -0.4 is 4.74 Å². The van der Waals surface area contributed by atoms with E-state index in [1.807, 2.05) is 18.3 Å². The molecule has 0 spiro atoms. The molecule has 0 aromatic carbocycles. The van der Waals surface area contributed by atoms with Crippen molar-refractivity contribution in [2.75, 3.05) is 27.2 Å². The fourth-order valence-corrected chi connectivity index (χ4v) is 2.87. The zero-order chi connectivity index (χ0) is 12.5. The van der Waals surface area contributed by atoms with E-state index in [2.05, 4.69) is 27.5 Å². The van der Waals surface area contributed by atoms with Crippen LogP contribution >= 0.6 is 0 Å². The zero-order valence-corrected chi connectivity index (χ0v) is 11.0. The van der Waals surface area contributed by atoms with E-state index in [1.165, 1.54) is 19.4 Å². The topological polar surface area (TPSA) is 29.8 Å². The Morgan fingerprint density at radius 3 is 3.11 bits per heavy atom. The molecule has 1 fully saturated rings. The summed E-state index contributed by atoms with van der Waals surface area (Å²) in [5, 5.41) is 0. The highest BCUT2D eigenvalue weighted by atomic mass is 16.5. The third-order valence-corrected chi connectivity index (χ3v) is 3.77. The normalized spacial score (nSPS) is 21.3. The first-order valence-corrected chi connectivity index (χ1v) is 6.48. The highest BCUT2D eigenvalue weighted by Gasteiger charge is 2.23. The molecule has 96 valence electrons. The maximum atomic E-state index is 5.38. The van der Waals surface area contributed by atoms with Crippen LogP contribution in [0.2, 0.25) is 0 Å². The van der Waals surface area contributed by atoms with Gasteiger partial charge in [0, 0.05) is 18.7 Å². The van der Waals surface area contributed by atoms with Gasteiger partial charge in [0.2, 0.25) is 0 Å². The van der Waals surface area contributed by atoms with Gasteiger partial charge in [-0.3, -0.25) is 0 Å². The van der Waals surface area contributed by atoms with Gasteiger partial charge in [-0.15, -0.1) is 0 Å². The van der Waals surface area contributed by atoms with Gasteiger partial charge in [-0.2, -0.15) is 0 Å². The number of piperidine rings is 1. The second-order valence-electron chi connectivity index (χ2n) is 5.05. The van der Waals surface area contributed by atoms with E-state index < -0.39 is 0 Å². The summed E-state index contributed by atoms with van der Waals surface area (Å²) in [4.78, 5) is 7.00. The van der Waals surface area contributed by atoms with E-state index in [0.717, 1.165) is 23.6 Å². The van der Waals surface area contributed by atoms with Crippen LogP contribution in [0, 0.1) is 0 Å². The largest absolute Gasteiger partial charge is 0.494 e. The number of hydrogen-bond donors (Lipinski definition) is 0. The lowest BCUT2D eigenvalue weighted by molar-refractivity contribution is 0.245. The molecule has 0 bridgehead atoms. The van der Waals surface area contributed by atoms with Crippen molar-refractivity contribution in [2.24, 2.45) is 0 Å². The lowest BCUT2D eigenvalue weighted by Crippen LogP contribution is -2.31. The molecule has 4 nitrogen and oxygen atoms in total. The molecule has 2 aromatic rings. The summed E-state index contributed by atoms with van der Waals surface area (Å²) < 4.78 is 7.55. The van der Waals surface area contributed by atoms with Crippen molar-refractivity contribution in [3.05, 3.63) is 30.4 Å². The number of imidazole rings is 1. The summed E-state index contributed by atoms with van der Waals surface area (Å²) in [6.07, 6.45) is 6.47. The second-order valence-corrected chi connectivity index (χ2v) is 5.05. The molecule has 0 amide bonds. The minimum absolute atomic E-state index is 0.526. The van der Waals surface area contributed by atoms with Crippen LogP contribution in [-0.4, -0.2) is 41.5 Å². The van der Waals surface area contributed by atoms with Crippen molar-refractivity contribution < 1.29 is 4.74 Å². The Labute approximate surface area is 107 Å². The number of hydrogen-bond acceptors (Lipinski definition) is 3. The number of nitrogens with zero attached hydrogens (tertiary/aromatic N) is 3. The predicted molar refractivity (Wildman–Crippen MR) is 71.2 cm³/mol. The average molecular weight is 245 g/mol. The van der Waals surface area contributed by atoms with Gasteiger partial charge < -0.3 is 14.0 Å². The second kappa shape index (κ2) is 4.61. The third kappa shape index (κ3) is 1.86. The summed E-state index contributed by atoms with van der Waals surface area (Å²) >= 11 is 0. The lowest BCUT2D eigenvalue weighted by atomic mass is 9.98. The van der Waals surface area contributed by atoms with E-state index >= 15 is 0 Å². The van der Waals surface area contributed by atoms with E-state index in [4.69, 9.17) is 4.74 Å². The number of rotatable bonds is 2. The molecular weight excluding hydrogens is 226 g/mol. The molecule has 1 aliphatic rings. The standard InChI is InChI=1S/C14H19N3O/c1-16-7-3-5-11(10-16)14-15-9-12-13(18-2)6-4-8-17(12)14/h4,6,8-9,11H,3,5,7,10H2,1-2H3. The van der Waals surface area contributed by atoms with E-state index in [0.29, 0.717) is 5.92 Å². The quantitative estimate of drug-likeness (QED) is 0.812. The SMILES string of the molecule is COc1cccn2c(C3CCCN(C)C3)ncc12. The van der Waals surface area contributed by atoms with Crippen LogP contribution in [0.3, 0.4) is 0 Å². The van der Waals surface area contributed by atoms with Gasteiger partial charge >= 0.3 is 0 Å². The molecule has 0 N–H and O–H groups in total. The maximum Gasteiger partial charge on any atom is 0.144 e. The Hall–Kier alpha value is -1.55. The molecule has 1 atom stereocenters. The lowest BCUT2D eigenvalue weighted by Gasteiger charge is -2.28. The minimum atomic E-state index is 0.526. The highest BCUT2D eigenvalue weighted by Crippen LogP contribution is 2.28. The predicted octanol–water partition coefficient (Wildman–Crippen LogP) is 2.15. The van der Waals surface area contributed by atoms with Gasteiger partial charge in [0.15, 0.2) is 0 Å². The minimum Gasteiger partial charge on any atom is -0.494 e. The Morgan fingerprint density at radius 2 is 2.33 bits per heavy atom. The molecule has 3 heterocycles. The molecule has 0 saturated carbocycles. The van der Waals surface area contributed by atoms with Crippen molar-refractivity contribution in [3.63, 3.8) is 0 Å². The van der Waals surface area contributed by atoms with Crippen molar-refractivity contribution in [2.45, 2.75) is 18.8 Å². The molecule has 1 aliphatic heterocycles. The third-order valence-electron chi connectivity index (χ3n) is 3.77. The molecule has 4 heteroatoms. The molecular formula is C14H19N3O. The summed E-state index contributed by atoms with van der Waals surface area (Å²) in [7, 11) is 3.89. The first kappa shape index (κ1) is 11.5. The van der Waals surface area contributed by atoms with Crippen molar-refractivity contribution >= 4 is 5.52 Å². The van der Waals surface area contributed by atoms with Gasteiger partial charge in [0.25, 0.3) is 0 Å². The summed E-state index contributed by atoms with van der Waals surface area (Å²) in [6, 6.07) is 4.00. The fraction of sp³-hybridized carbons (Fsp3) is 0.500. The maximum absolute atomic E-state index is 5.38. The Balaban J connectivity index is 2.02. The van der Waals surface area contributed by atoms with Crippen LogP contribution in [0.4, 0.5) is 0 Å². The first-order valence-electron chi connectivity index (χ1n) is 6.48. The van der Waals surface area contributed by atoms with Crippen molar-refractivity contribution in [1.29, 1.82) is 0 Å². The van der Waals surface area contributed by atoms with Crippen LogP contribution in [0.5, 0.6) is 5.75 Å². The Bertz CT molecular complexity index is 549. The number of methoxy groups -OCH3 is 1. The number of ether oxygens (including phenoxy) is 1. The summed E-state index contributed by atoms with van der Waals surface area (Å²) in [6.45, 7) is 2.29. The van der Waals surface area contributed by atoms with E-state index in [9.17, 15) is 0 Å². The first-order chi connectivity index (χ1) is 8.79. The summed E-state index contributed by atoms with van der Waals surface area (Å²) in [5.41, 5.74) is 1.06. The average Bonchev–Trinajstić information content (AvgIpc) is 2.82. The molecule has 0 aliphatic carbocycles. The van der Waals surface area contributed by atoms with Gasteiger partial charge in [-0.25, -0.2) is 4.98 Å². The monoisotopic (exact) mass is 245 g/mol. The zero-order valence-electron chi connectivity index (χ0n) is 11.0. The van der Waals surface area contributed by atoms with Gasteiger partial charge in [0.1, 0.15) is 17.1 Å². The number of pyridine rings is 1. The van der Waals surface area contributed by atoms with Crippen molar-refractivity contribution in [1.82, 2.24) is 14.3 Å². The molecule has 18 heavy (non-hydrogen) atoms. The Morgan fingerprint density at radius 1 is 1.44 bits per heavy atom. The van der Waals surface area contributed by atoms with Crippen LogP contribution in [0.1, 0.15) is 24.6 Å². The molecule has 2 aromatic heterocycles. The van der Waals surface area contributed by atoms with E-state index in [-0.39, 0.29) is 0 Å². The Kier molecular flexibility index (Phi) is 2.96. The smallest absolute Gasteiger partial charge is 0.144 e. The number of fused-ring (bicyclic) bond motifs is 1. The van der Waals surface area contributed by atoms with Crippen molar-refractivity contribution in [3.8, 4) is 5.75 Å². The van der Waals surface area contributed by atoms with Crippen LogP contribution in [0.15, 0.2) is 24.5 Å². The molecule has 1 unspecified atom stereocenters. The van der Waals surface area contributed by atoms with Gasteiger partial charge in [-0.1, -0.05) is 0 Å². The number of likely N-dealkylation sites (N-methyl/N-ethyl adjacent to an activating group) is 1. The van der Waals surface area contributed by atoms with Crippen LogP contribution in [-0.2, 0) is 0 Å². The highest BCUT2D eigenvalue weighted by molar-refractivity contribution is 5.59.